The number of amides is 1. The minimum absolute atomic E-state index is 0.0124. The molecule has 1 saturated carbocycles. The van der Waals surface area contributed by atoms with Crippen molar-refractivity contribution in [2.24, 2.45) is 11.7 Å². The van der Waals surface area contributed by atoms with E-state index >= 15 is 0 Å². The van der Waals surface area contributed by atoms with Crippen molar-refractivity contribution >= 4 is 11.9 Å². The molecule has 5 nitrogen and oxygen atoms in total. The fraction of sp³-hybridized carbons (Fsp3) is 0.833. The number of carbonyl (C=O) groups is 1. The molecule has 17 heavy (non-hydrogen) atoms. The third-order valence-corrected chi connectivity index (χ3v) is 2.88. The van der Waals surface area contributed by atoms with E-state index in [9.17, 15) is 4.79 Å². The SMILES string of the molecule is CC(C)COC(=O)N(CC(=N)N)C1CCCC1. The Morgan fingerprint density at radius 3 is 2.53 bits per heavy atom. The van der Waals surface area contributed by atoms with Gasteiger partial charge in [-0.1, -0.05) is 26.7 Å². The van der Waals surface area contributed by atoms with Gasteiger partial charge in [-0.15, -0.1) is 0 Å². The molecule has 0 aliphatic heterocycles. The molecule has 1 aliphatic carbocycles. The zero-order valence-corrected chi connectivity index (χ0v) is 10.7. The highest BCUT2D eigenvalue weighted by Gasteiger charge is 2.28. The topological polar surface area (TPSA) is 79.4 Å². The summed E-state index contributed by atoms with van der Waals surface area (Å²) >= 11 is 0. The predicted octanol–water partition coefficient (Wildman–Crippen LogP) is 1.96. The van der Waals surface area contributed by atoms with Crippen LogP contribution in [0.1, 0.15) is 39.5 Å². The number of hydrogen-bond donors (Lipinski definition) is 2. The third-order valence-electron chi connectivity index (χ3n) is 2.88. The summed E-state index contributed by atoms with van der Waals surface area (Å²) in [5, 5.41) is 7.33. The van der Waals surface area contributed by atoms with E-state index in [1.165, 1.54) is 0 Å². The van der Waals surface area contributed by atoms with Crippen molar-refractivity contribution in [2.75, 3.05) is 13.2 Å². The van der Waals surface area contributed by atoms with Crippen molar-refractivity contribution in [3.63, 3.8) is 0 Å². The molecular formula is C12H23N3O2. The lowest BCUT2D eigenvalue weighted by Crippen LogP contribution is -2.44. The number of rotatable bonds is 5. The Balaban J connectivity index is 2.54. The Labute approximate surface area is 103 Å². The predicted molar refractivity (Wildman–Crippen MR) is 67.1 cm³/mol. The van der Waals surface area contributed by atoms with E-state index in [0.717, 1.165) is 25.7 Å². The molecule has 0 heterocycles. The zero-order valence-electron chi connectivity index (χ0n) is 10.7. The van der Waals surface area contributed by atoms with Gasteiger partial charge in [0.05, 0.1) is 13.2 Å². The second-order valence-electron chi connectivity index (χ2n) is 5.06. The summed E-state index contributed by atoms with van der Waals surface area (Å²) in [7, 11) is 0. The zero-order chi connectivity index (χ0) is 12.8. The van der Waals surface area contributed by atoms with Crippen LogP contribution in [-0.2, 0) is 4.74 Å². The monoisotopic (exact) mass is 241 g/mol. The van der Waals surface area contributed by atoms with E-state index < -0.39 is 0 Å². The number of nitrogens with one attached hydrogen (secondary N) is 1. The van der Waals surface area contributed by atoms with Crippen LogP contribution in [0.4, 0.5) is 4.79 Å². The Morgan fingerprint density at radius 1 is 1.47 bits per heavy atom. The number of ether oxygens (including phenoxy) is 1. The highest BCUT2D eigenvalue weighted by atomic mass is 16.6. The second kappa shape index (κ2) is 6.47. The maximum Gasteiger partial charge on any atom is 0.410 e. The molecule has 0 aromatic rings. The van der Waals surface area contributed by atoms with E-state index in [-0.39, 0.29) is 24.5 Å². The number of carbonyl (C=O) groups excluding carboxylic acids is 1. The molecule has 0 spiro atoms. The number of amidine groups is 1. The van der Waals surface area contributed by atoms with Crippen LogP contribution in [0.5, 0.6) is 0 Å². The number of hydrogen-bond acceptors (Lipinski definition) is 3. The molecule has 0 aromatic carbocycles. The van der Waals surface area contributed by atoms with Gasteiger partial charge in [-0.3, -0.25) is 10.3 Å². The third kappa shape index (κ3) is 4.63. The Kier molecular flexibility index (Phi) is 5.25. The molecule has 3 N–H and O–H groups in total. The summed E-state index contributed by atoms with van der Waals surface area (Å²) in [5.41, 5.74) is 5.39. The smallest absolute Gasteiger partial charge is 0.410 e. The molecule has 0 saturated heterocycles. The maximum atomic E-state index is 11.9. The first kappa shape index (κ1) is 13.8. The first-order valence-electron chi connectivity index (χ1n) is 6.27. The number of nitrogens with zero attached hydrogens (tertiary/aromatic N) is 1. The van der Waals surface area contributed by atoms with Crippen molar-refractivity contribution in [3.05, 3.63) is 0 Å². The minimum Gasteiger partial charge on any atom is -0.449 e. The van der Waals surface area contributed by atoms with Crippen LogP contribution in [0, 0.1) is 11.3 Å². The molecule has 0 aromatic heterocycles. The molecule has 1 aliphatic rings. The first-order valence-corrected chi connectivity index (χ1v) is 6.27. The van der Waals surface area contributed by atoms with Crippen LogP contribution < -0.4 is 5.73 Å². The van der Waals surface area contributed by atoms with E-state index in [1.807, 2.05) is 13.8 Å². The molecule has 1 amide bonds. The van der Waals surface area contributed by atoms with Crippen molar-refractivity contribution in [1.82, 2.24) is 4.90 Å². The van der Waals surface area contributed by atoms with Gasteiger partial charge in [-0.2, -0.15) is 0 Å². The van der Waals surface area contributed by atoms with Crippen LogP contribution in [0.25, 0.3) is 0 Å². The summed E-state index contributed by atoms with van der Waals surface area (Å²) in [4.78, 5) is 13.5. The van der Waals surface area contributed by atoms with Crippen molar-refractivity contribution in [1.29, 1.82) is 5.41 Å². The van der Waals surface area contributed by atoms with Crippen LogP contribution in [0.2, 0.25) is 0 Å². The molecule has 5 heteroatoms. The quantitative estimate of drug-likeness (QED) is 0.570. The fourth-order valence-electron chi connectivity index (χ4n) is 2.06. The van der Waals surface area contributed by atoms with Crippen LogP contribution >= 0.6 is 0 Å². The Hall–Kier alpha value is -1.26. The Morgan fingerprint density at radius 2 is 2.06 bits per heavy atom. The van der Waals surface area contributed by atoms with Gasteiger partial charge in [0.25, 0.3) is 0 Å². The molecule has 0 radical (unpaired) electrons. The lowest BCUT2D eigenvalue weighted by Gasteiger charge is -2.27. The average Bonchev–Trinajstić information content (AvgIpc) is 2.75. The average molecular weight is 241 g/mol. The van der Waals surface area contributed by atoms with Crippen LogP contribution in [0.15, 0.2) is 0 Å². The Bertz CT molecular complexity index is 273. The van der Waals surface area contributed by atoms with E-state index in [2.05, 4.69) is 0 Å². The lowest BCUT2D eigenvalue weighted by molar-refractivity contribution is 0.0837. The standard InChI is InChI=1S/C12H23N3O2/c1-9(2)8-17-12(16)15(7-11(13)14)10-5-3-4-6-10/h9-10H,3-8H2,1-2H3,(H3,13,14). The van der Waals surface area contributed by atoms with Gasteiger partial charge < -0.3 is 10.5 Å². The van der Waals surface area contributed by atoms with Gasteiger partial charge in [0.15, 0.2) is 0 Å². The van der Waals surface area contributed by atoms with Crippen molar-refractivity contribution in [3.8, 4) is 0 Å². The summed E-state index contributed by atoms with van der Waals surface area (Å²) in [5.74, 6) is 0.333. The minimum atomic E-state index is -0.333. The van der Waals surface area contributed by atoms with Crippen molar-refractivity contribution < 1.29 is 9.53 Å². The molecule has 0 bridgehead atoms. The van der Waals surface area contributed by atoms with Gasteiger partial charge in [0.2, 0.25) is 0 Å². The molecule has 0 atom stereocenters. The van der Waals surface area contributed by atoms with E-state index in [4.69, 9.17) is 15.9 Å². The lowest BCUT2D eigenvalue weighted by atomic mass is 10.2. The highest BCUT2D eigenvalue weighted by Crippen LogP contribution is 2.23. The summed E-state index contributed by atoms with van der Waals surface area (Å²) in [6.07, 6.45) is 3.92. The first-order chi connectivity index (χ1) is 8.00. The van der Waals surface area contributed by atoms with Crippen LogP contribution in [-0.4, -0.2) is 36.0 Å². The summed E-state index contributed by atoms with van der Waals surface area (Å²) < 4.78 is 5.21. The van der Waals surface area contributed by atoms with Gasteiger partial charge in [0, 0.05) is 6.04 Å². The highest BCUT2D eigenvalue weighted by molar-refractivity contribution is 5.83. The van der Waals surface area contributed by atoms with Crippen LogP contribution in [0.3, 0.4) is 0 Å². The number of nitrogens with two attached hydrogens (primary N) is 1. The maximum absolute atomic E-state index is 11.9. The molecule has 1 rings (SSSR count). The largest absolute Gasteiger partial charge is 0.449 e. The molecule has 0 unspecified atom stereocenters. The fourth-order valence-corrected chi connectivity index (χ4v) is 2.06. The summed E-state index contributed by atoms with van der Waals surface area (Å²) in [6, 6.07) is 0.193. The molecule has 98 valence electrons. The van der Waals surface area contributed by atoms with E-state index in [1.54, 1.807) is 4.90 Å². The summed E-state index contributed by atoms with van der Waals surface area (Å²) in [6.45, 7) is 4.60. The molecular weight excluding hydrogens is 218 g/mol. The van der Waals surface area contributed by atoms with Crippen molar-refractivity contribution in [2.45, 2.75) is 45.6 Å². The second-order valence-corrected chi connectivity index (χ2v) is 5.06. The van der Waals surface area contributed by atoms with Gasteiger partial charge in [0.1, 0.15) is 5.84 Å². The van der Waals surface area contributed by atoms with E-state index in [0.29, 0.717) is 12.5 Å². The van der Waals surface area contributed by atoms with Gasteiger partial charge in [-0.05, 0) is 18.8 Å². The molecule has 1 fully saturated rings. The van der Waals surface area contributed by atoms with Gasteiger partial charge >= 0.3 is 6.09 Å². The van der Waals surface area contributed by atoms with Gasteiger partial charge in [-0.25, -0.2) is 4.79 Å². The normalized spacial score (nSPS) is 16.2.